The van der Waals surface area contributed by atoms with Crippen LogP contribution in [0.5, 0.6) is 0 Å². The Balaban J connectivity index is 1.62. The molecule has 1 saturated heterocycles. The highest BCUT2D eigenvalue weighted by atomic mass is 16.6. The molecule has 0 radical (unpaired) electrons. The van der Waals surface area contributed by atoms with Crippen LogP contribution in [-0.2, 0) is 9.47 Å². The number of hydrogen-bond donors (Lipinski definition) is 0. The van der Waals surface area contributed by atoms with Crippen molar-refractivity contribution in [3.8, 4) is 0 Å². The summed E-state index contributed by atoms with van der Waals surface area (Å²) < 4.78 is 10.8. The second-order valence-electron chi connectivity index (χ2n) is 4.06. The molecule has 0 bridgehead atoms. The Kier molecular flexibility index (Phi) is 3.01. The van der Waals surface area contributed by atoms with Crippen LogP contribution in [-0.4, -0.2) is 25.4 Å². The number of epoxide rings is 1. The lowest BCUT2D eigenvalue weighted by Gasteiger charge is -2.26. The smallest absolute Gasteiger partial charge is 0.104 e. The molecule has 2 fully saturated rings. The Morgan fingerprint density at radius 1 is 1.31 bits per heavy atom. The summed E-state index contributed by atoms with van der Waals surface area (Å²) in [7, 11) is 0. The SMILES string of the molecule is C=CC1CCC(OCC2CO2)CC1. The van der Waals surface area contributed by atoms with Gasteiger partial charge in [0.05, 0.1) is 19.3 Å². The van der Waals surface area contributed by atoms with Crippen LogP contribution in [0.25, 0.3) is 0 Å². The molecule has 1 aliphatic heterocycles. The van der Waals surface area contributed by atoms with E-state index in [9.17, 15) is 0 Å². The van der Waals surface area contributed by atoms with Crippen molar-refractivity contribution in [2.45, 2.75) is 37.9 Å². The molecule has 1 heterocycles. The molecule has 1 unspecified atom stereocenters. The molecule has 13 heavy (non-hydrogen) atoms. The van der Waals surface area contributed by atoms with Crippen molar-refractivity contribution in [2.75, 3.05) is 13.2 Å². The maximum atomic E-state index is 5.74. The van der Waals surface area contributed by atoms with Gasteiger partial charge in [-0.25, -0.2) is 0 Å². The first-order valence-corrected chi connectivity index (χ1v) is 5.24. The van der Waals surface area contributed by atoms with Crippen molar-refractivity contribution in [1.29, 1.82) is 0 Å². The van der Waals surface area contributed by atoms with Gasteiger partial charge in [0.2, 0.25) is 0 Å². The lowest BCUT2D eigenvalue weighted by Crippen LogP contribution is -2.22. The maximum Gasteiger partial charge on any atom is 0.104 e. The van der Waals surface area contributed by atoms with Gasteiger partial charge in [-0.05, 0) is 31.6 Å². The van der Waals surface area contributed by atoms with Crippen molar-refractivity contribution in [3.63, 3.8) is 0 Å². The van der Waals surface area contributed by atoms with Gasteiger partial charge in [0, 0.05) is 0 Å². The van der Waals surface area contributed by atoms with E-state index >= 15 is 0 Å². The standard InChI is InChI=1S/C11H18O2/c1-2-9-3-5-10(6-4-9)12-7-11-8-13-11/h2,9-11H,1,3-8H2. The second-order valence-corrected chi connectivity index (χ2v) is 4.06. The third-order valence-corrected chi connectivity index (χ3v) is 2.97. The third-order valence-electron chi connectivity index (χ3n) is 2.97. The molecule has 1 aliphatic carbocycles. The van der Waals surface area contributed by atoms with Gasteiger partial charge in [-0.3, -0.25) is 0 Å². The predicted molar refractivity (Wildman–Crippen MR) is 51.6 cm³/mol. The Morgan fingerprint density at radius 3 is 2.54 bits per heavy atom. The zero-order valence-electron chi connectivity index (χ0n) is 8.08. The molecule has 2 aliphatic rings. The van der Waals surface area contributed by atoms with Gasteiger partial charge < -0.3 is 9.47 Å². The van der Waals surface area contributed by atoms with Crippen molar-refractivity contribution >= 4 is 0 Å². The topological polar surface area (TPSA) is 21.8 Å². The quantitative estimate of drug-likeness (QED) is 0.491. The lowest BCUT2D eigenvalue weighted by molar-refractivity contribution is 0.0143. The van der Waals surface area contributed by atoms with Crippen LogP contribution < -0.4 is 0 Å². The van der Waals surface area contributed by atoms with Crippen molar-refractivity contribution in [2.24, 2.45) is 5.92 Å². The van der Waals surface area contributed by atoms with Crippen LogP contribution in [0.1, 0.15) is 25.7 Å². The second kappa shape index (κ2) is 4.25. The van der Waals surface area contributed by atoms with Gasteiger partial charge in [0.1, 0.15) is 6.10 Å². The van der Waals surface area contributed by atoms with Crippen LogP contribution in [0.3, 0.4) is 0 Å². The molecule has 1 saturated carbocycles. The number of allylic oxidation sites excluding steroid dienone is 1. The molecular formula is C11H18O2. The Bertz CT molecular complexity index is 167. The molecule has 0 spiro atoms. The van der Waals surface area contributed by atoms with E-state index in [-0.39, 0.29) is 0 Å². The van der Waals surface area contributed by atoms with Crippen LogP contribution in [0.2, 0.25) is 0 Å². The molecular weight excluding hydrogens is 164 g/mol. The van der Waals surface area contributed by atoms with Crippen LogP contribution in [0.15, 0.2) is 12.7 Å². The monoisotopic (exact) mass is 182 g/mol. The fourth-order valence-corrected chi connectivity index (χ4v) is 1.90. The van der Waals surface area contributed by atoms with Crippen molar-refractivity contribution in [3.05, 3.63) is 12.7 Å². The summed E-state index contributed by atoms with van der Waals surface area (Å²) in [5.41, 5.74) is 0. The number of rotatable bonds is 4. The number of ether oxygens (including phenoxy) is 2. The zero-order chi connectivity index (χ0) is 9.10. The zero-order valence-corrected chi connectivity index (χ0v) is 8.08. The fourth-order valence-electron chi connectivity index (χ4n) is 1.90. The van der Waals surface area contributed by atoms with Gasteiger partial charge >= 0.3 is 0 Å². The first kappa shape index (κ1) is 9.22. The lowest BCUT2D eigenvalue weighted by atomic mass is 9.87. The Hall–Kier alpha value is -0.340. The first-order valence-electron chi connectivity index (χ1n) is 5.24. The summed E-state index contributed by atoms with van der Waals surface area (Å²) in [4.78, 5) is 0. The third kappa shape index (κ3) is 2.82. The Labute approximate surface area is 79.9 Å². The highest BCUT2D eigenvalue weighted by Gasteiger charge is 2.26. The average Bonchev–Trinajstić information content (AvgIpc) is 2.99. The molecule has 0 aromatic rings. The summed E-state index contributed by atoms with van der Waals surface area (Å²) in [6, 6.07) is 0. The minimum atomic E-state index is 0.414. The van der Waals surface area contributed by atoms with Gasteiger partial charge in [-0.1, -0.05) is 6.08 Å². The van der Waals surface area contributed by atoms with Crippen LogP contribution >= 0.6 is 0 Å². The maximum absolute atomic E-state index is 5.74. The summed E-state index contributed by atoms with van der Waals surface area (Å²) in [6.45, 7) is 5.55. The van der Waals surface area contributed by atoms with E-state index in [0.29, 0.717) is 12.2 Å². The van der Waals surface area contributed by atoms with Crippen molar-refractivity contribution < 1.29 is 9.47 Å². The normalized spacial score (nSPS) is 38.6. The fraction of sp³-hybridized carbons (Fsp3) is 0.818. The largest absolute Gasteiger partial charge is 0.375 e. The summed E-state index contributed by atoms with van der Waals surface area (Å²) >= 11 is 0. The molecule has 0 aromatic heterocycles. The first-order chi connectivity index (χ1) is 6.38. The van der Waals surface area contributed by atoms with E-state index in [0.717, 1.165) is 19.1 Å². The molecule has 0 N–H and O–H groups in total. The van der Waals surface area contributed by atoms with E-state index < -0.39 is 0 Å². The Morgan fingerprint density at radius 2 is 2.00 bits per heavy atom. The molecule has 2 rings (SSSR count). The van der Waals surface area contributed by atoms with Crippen molar-refractivity contribution in [1.82, 2.24) is 0 Å². The molecule has 2 heteroatoms. The summed E-state index contributed by atoms with van der Waals surface area (Å²) in [6.07, 6.45) is 7.88. The minimum Gasteiger partial charge on any atom is -0.375 e. The average molecular weight is 182 g/mol. The van der Waals surface area contributed by atoms with Crippen LogP contribution in [0, 0.1) is 5.92 Å². The molecule has 1 atom stereocenters. The summed E-state index contributed by atoms with van der Waals surface area (Å²) in [5, 5.41) is 0. The highest BCUT2D eigenvalue weighted by Crippen LogP contribution is 2.27. The van der Waals surface area contributed by atoms with Gasteiger partial charge in [-0.2, -0.15) is 0 Å². The summed E-state index contributed by atoms with van der Waals surface area (Å²) in [5.74, 6) is 0.733. The van der Waals surface area contributed by atoms with E-state index in [1.165, 1.54) is 25.7 Å². The predicted octanol–water partition coefficient (Wildman–Crippen LogP) is 2.15. The van der Waals surface area contributed by atoms with E-state index in [4.69, 9.17) is 9.47 Å². The van der Waals surface area contributed by atoms with Gasteiger partial charge in [0.15, 0.2) is 0 Å². The van der Waals surface area contributed by atoms with Crippen LogP contribution in [0.4, 0.5) is 0 Å². The minimum absolute atomic E-state index is 0.414. The van der Waals surface area contributed by atoms with E-state index in [1.807, 2.05) is 0 Å². The highest BCUT2D eigenvalue weighted by molar-refractivity contribution is 4.84. The van der Waals surface area contributed by atoms with Gasteiger partial charge in [0.25, 0.3) is 0 Å². The molecule has 0 aromatic carbocycles. The molecule has 0 amide bonds. The molecule has 74 valence electrons. The molecule has 2 nitrogen and oxygen atoms in total. The van der Waals surface area contributed by atoms with E-state index in [2.05, 4.69) is 12.7 Å². The number of hydrogen-bond acceptors (Lipinski definition) is 2. The van der Waals surface area contributed by atoms with E-state index in [1.54, 1.807) is 0 Å². The van der Waals surface area contributed by atoms with Gasteiger partial charge in [-0.15, -0.1) is 6.58 Å².